The van der Waals surface area contributed by atoms with Crippen LogP contribution in [0, 0.1) is 0 Å². The molecule has 24 heavy (non-hydrogen) atoms. The van der Waals surface area contributed by atoms with Gasteiger partial charge >= 0.3 is 0 Å². The van der Waals surface area contributed by atoms with Crippen LogP contribution in [0.3, 0.4) is 0 Å². The third-order valence-corrected chi connectivity index (χ3v) is 4.87. The highest BCUT2D eigenvalue weighted by Gasteiger charge is 2.23. The molecule has 0 N–H and O–H groups in total. The van der Waals surface area contributed by atoms with E-state index in [4.69, 9.17) is 0 Å². The van der Waals surface area contributed by atoms with E-state index in [1.807, 2.05) is 59.4 Å². The largest absolute Gasteiger partial charge is 0.344 e. The lowest BCUT2D eigenvalue weighted by atomic mass is 10.1. The Morgan fingerprint density at radius 2 is 2.12 bits per heavy atom. The van der Waals surface area contributed by atoms with Gasteiger partial charge in [0.2, 0.25) is 5.91 Å². The lowest BCUT2D eigenvalue weighted by Crippen LogP contribution is -2.39. The van der Waals surface area contributed by atoms with Crippen molar-refractivity contribution < 1.29 is 4.79 Å². The van der Waals surface area contributed by atoms with E-state index in [1.165, 1.54) is 12.8 Å². The molecular formula is C19H26N4O. The predicted octanol–water partition coefficient (Wildman–Crippen LogP) is 2.36. The van der Waals surface area contributed by atoms with Crippen molar-refractivity contribution in [3.05, 3.63) is 48.3 Å². The first-order valence-electron chi connectivity index (χ1n) is 8.66. The van der Waals surface area contributed by atoms with Crippen molar-refractivity contribution in [2.75, 3.05) is 27.2 Å². The number of likely N-dealkylation sites (N-methyl/N-ethyl adjacent to an activating group) is 2. The fourth-order valence-electron chi connectivity index (χ4n) is 3.28. The third-order valence-electron chi connectivity index (χ3n) is 4.87. The van der Waals surface area contributed by atoms with Crippen molar-refractivity contribution in [3.8, 4) is 5.69 Å². The van der Waals surface area contributed by atoms with Gasteiger partial charge in [0.05, 0.1) is 11.9 Å². The maximum absolute atomic E-state index is 12.4. The summed E-state index contributed by atoms with van der Waals surface area (Å²) in [7, 11) is 4.07. The average molecular weight is 326 g/mol. The van der Waals surface area contributed by atoms with Gasteiger partial charge < -0.3 is 9.80 Å². The molecule has 0 spiro atoms. The molecule has 1 unspecified atom stereocenters. The van der Waals surface area contributed by atoms with Gasteiger partial charge in [-0.3, -0.25) is 4.79 Å². The summed E-state index contributed by atoms with van der Waals surface area (Å²) in [6.07, 6.45) is 7.56. The number of likely N-dealkylation sites (tertiary alicyclic amines) is 1. The van der Waals surface area contributed by atoms with Crippen LogP contribution in [0.1, 0.15) is 24.8 Å². The number of aryl methyl sites for hydroxylation is 1. The Hall–Kier alpha value is -2.14. The monoisotopic (exact) mass is 326 g/mol. The van der Waals surface area contributed by atoms with Crippen LogP contribution in [0.4, 0.5) is 0 Å². The molecule has 1 aromatic carbocycles. The van der Waals surface area contributed by atoms with Crippen molar-refractivity contribution in [3.63, 3.8) is 0 Å². The van der Waals surface area contributed by atoms with E-state index in [-0.39, 0.29) is 5.91 Å². The van der Waals surface area contributed by atoms with E-state index in [9.17, 15) is 4.79 Å². The Kier molecular flexibility index (Phi) is 5.30. The smallest absolute Gasteiger partial charge is 0.222 e. The third kappa shape index (κ3) is 4.03. The minimum Gasteiger partial charge on any atom is -0.344 e. The SMILES string of the molecule is CN(CC1CCCN1C)C(=O)CCc1cnn(-c2ccccc2)c1. The summed E-state index contributed by atoms with van der Waals surface area (Å²) in [5.41, 5.74) is 2.13. The maximum atomic E-state index is 12.4. The van der Waals surface area contributed by atoms with E-state index in [0.717, 1.165) is 30.8 Å². The van der Waals surface area contributed by atoms with Crippen LogP contribution in [0.5, 0.6) is 0 Å². The summed E-state index contributed by atoms with van der Waals surface area (Å²) in [6, 6.07) is 10.5. The van der Waals surface area contributed by atoms with Gasteiger partial charge in [-0.1, -0.05) is 18.2 Å². The highest BCUT2D eigenvalue weighted by molar-refractivity contribution is 5.76. The molecule has 0 radical (unpaired) electrons. The van der Waals surface area contributed by atoms with Crippen molar-refractivity contribution in [1.82, 2.24) is 19.6 Å². The highest BCUT2D eigenvalue weighted by Crippen LogP contribution is 2.16. The van der Waals surface area contributed by atoms with Crippen LogP contribution in [-0.2, 0) is 11.2 Å². The number of rotatable bonds is 6. The molecule has 3 rings (SSSR count). The van der Waals surface area contributed by atoms with Gasteiger partial charge in [0.1, 0.15) is 0 Å². The van der Waals surface area contributed by atoms with Gasteiger partial charge in [-0.05, 0) is 50.6 Å². The molecule has 5 heteroatoms. The van der Waals surface area contributed by atoms with Crippen LogP contribution < -0.4 is 0 Å². The van der Waals surface area contributed by atoms with Crippen LogP contribution in [0.2, 0.25) is 0 Å². The fraction of sp³-hybridized carbons (Fsp3) is 0.474. The van der Waals surface area contributed by atoms with E-state index in [1.54, 1.807) is 0 Å². The van der Waals surface area contributed by atoms with Crippen molar-refractivity contribution in [2.24, 2.45) is 0 Å². The molecule has 2 heterocycles. The van der Waals surface area contributed by atoms with Crippen LogP contribution in [0.15, 0.2) is 42.7 Å². The molecule has 1 fully saturated rings. The molecule has 1 aromatic heterocycles. The highest BCUT2D eigenvalue weighted by atomic mass is 16.2. The minimum atomic E-state index is 0.211. The molecule has 1 aliphatic heterocycles. The zero-order chi connectivity index (χ0) is 16.9. The maximum Gasteiger partial charge on any atom is 0.222 e. The Morgan fingerprint density at radius 1 is 1.33 bits per heavy atom. The van der Waals surface area contributed by atoms with Crippen molar-refractivity contribution in [2.45, 2.75) is 31.7 Å². The first-order valence-corrected chi connectivity index (χ1v) is 8.66. The molecule has 5 nitrogen and oxygen atoms in total. The Labute approximate surface area is 143 Å². The number of hydrogen-bond acceptors (Lipinski definition) is 3. The van der Waals surface area contributed by atoms with E-state index in [0.29, 0.717) is 12.5 Å². The summed E-state index contributed by atoms with van der Waals surface area (Å²) in [4.78, 5) is 16.6. The first-order chi connectivity index (χ1) is 11.6. The number of amides is 1. The second-order valence-electron chi connectivity index (χ2n) is 6.68. The normalized spacial score (nSPS) is 18.0. The fourth-order valence-corrected chi connectivity index (χ4v) is 3.28. The number of nitrogens with zero attached hydrogens (tertiary/aromatic N) is 4. The van der Waals surface area contributed by atoms with Crippen LogP contribution in [0.25, 0.3) is 5.69 Å². The Balaban J connectivity index is 1.50. The predicted molar refractivity (Wildman–Crippen MR) is 95.2 cm³/mol. The molecule has 2 aromatic rings. The summed E-state index contributed by atoms with van der Waals surface area (Å²) >= 11 is 0. The topological polar surface area (TPSA) is 41.4 Å². The first kappa shape index (κ1) is 16.7. The summed E-state index contributed by atoms with van der Waals surface area (Å²) in [6.45, 7) is 1.98. The number of para-hydroxylation sites is 1. The molecular weight excluding hydrogens is 300 g/mol. The van der Waals surface area contributed by atoms with Gasteiger partial charge in [0, 0.05) is 32.3 Å². The number of benzene rings is 1. The zero-order valence-electron chi connectivity index (χ0n) is 14.6. The van der Waals surface area contributed by atoms with Crippen molar-refractivity contribution in [1.29, 1.82) is 0 Å². The van der Waals surface area contributed by atoms with E-state index >= 15 is 0 Å². The van der Waals surface area contributed by atoms with Crippen LogP contribution >= 0.6 is 0 Å². The molecule has 1 aliphatic rings. The Morgan fingerprint density at radius 3 is 2.83 bits per heavy atom. The standard InChI is InChI=1S/C19H26N4O/c1-21-12-6-9-18(21)15-22(2)19(24)11-10-16-13-20-23(14-16)17-7-4-3-5-8-17/h3-5,7-8,13-14,18H,6,9-12,15H2,1-2H3. The van der Waals surface area contributed by atoms with E-state index in [2.05, 4.69) is 17.0 Å². The average Bonchev–Trinajstić information content (AvgIpc) is 3.23. The molecule has 1 saturated heterocycles. The number of aromatic nitrogens is 2. The molecule has 0 bridgehead atoms. The Bertz CT molecular complexity index is 667. The number of carbonyl (C=O) groups is 1. The van der Waals surface area contributed by atoms with Crippen molar-refractivity contribution >= 4 is 5.91 Å². The van der Waals surface area contributed by atoms with Gasteiger partial charge in [0.25, 0.3) is 0 Å². The number of carbonyl (C=O) groups excluding carboxylic acids is 1. The molecule has 0 aliphatic carbocycles. The van der Waals surface area contributed by atoms with Gasteiger partial charge in [0.15, 0.2) is 0 Å². The minimum absolute atomic E-state index is 0.211. The zero-order valence-corrected chi connectivity index (χ0v) is 14.6. The van der Waals surface area contributed by atoms with Gasteiger partial charge in [-0.25, -0.2) is 4.68 Å². The van der Waals surface area contributed by atoms with Gasteiger partial charge in [-0.15, -0.1) is 0 Å². The summed E-state index contributed by atoms with van der Waals surface area (Å²) in [5, 5.41) is 4.39. The van der Waals surface area contributed by atoms with E-state index < -0.39 is 0 Å². The van der Waals surface area contributed by atoms with Gasteiger partial charge in [-0.2, -0.15) is 5.10 Å². The molecule has 128 valence electrons. The summed E-state index contributed by atoms with van der Waals surface area (Å²) in [5.74, 6) is 0.211. The lowest BCUT2D eigenvalue weighted by molar-refractivity contribution is -0.130. The quantitative estimate of drug-likeness (QED) is 0.818. The van der Waals surface area contributed by atoms with Crippen LogP contribution in [-0.4, -0.2) is 58.7 Å². The lowest BCUT2D eigenvalue weighted by Gasteiger charge is -2.25. The molecule has 1 amide bonds. The molecule has 0 saturated carbocycles. The molecule has 1 atom stereocenters. The second kappa shape index (κ2) is 7.62. The second-order valence-corrected chi connectivity index (χ2v) is 6.68. The number of hydrogen-bond donors (Lipinski definition) is 0. The summed E-state index contributed by atoms with van der Waals surface area (Å²) < 4.78 is 1.86.